The molecule has 5 nitrogen and oxygen atoms in total. The minimum atomic E-state index is 0.607. The van der Waals surface area contributed by atoms with E-state index in [2.05, 4.69) is 34.5 Å². The van der Waals surface area contributed by atoms with E-state index in [1.165, 1.54) is 0 Å². The van der Waals surface area contributed by atoms with Crippen LogP contribution in [0, 0.1) is 0 Å². The van der Waals surface area contributed by atoms with Crippen molar-refractivity contribution in [2.24, 2.45) is 0 Å². The van der Waals surface area contributed by atoms with Gasteiger partial charge in [0.1, 0.15) is 12.1 Å². The van der Waals surface area contributed by atoms with Gasteiger partial charge in [0.05, 0.1) is 12.6 Å². The molecule has 0 saturated carbocycles. The summed E-state index contributed by atoms with van der Waals surface area (Å²) in [5.74, 6) is 1.45. The summed E-state index contributed by atoms with van der Waals surface area (Å²) in [6, 6.07) is 14.4. The largest absolute Gasteiger partial charge is 0.497 e. The van der Waals surface area contributed by atoms with E-state index in [9.17, 15) is 0 Å². The average molecular weight is 300 g/mol. The van der Waals surface area contributed by atoms with Gasteiger partial charge >= 0.3 is 0 Å². The van der Waals surface area contributed by atoms with Gasteiger partial charge in [0, 0.05) is 17.0 Å². The molecule has 3 aromatic carbocycles. The number of rotatable bonds is 1. The van der Waals surface area contributed by atoms with Crippen LogP contribution in [0.4, 0.5) is 0 Å². The van der Waals surface area contributed by atoms with E-state index in [4.69, 9.17) is 9.72 Å². The predicted octanol–water partition coefficient (Wildman–Crippen LogP) is 3.59. The van der Waals surface area contributed by atoms with Crippen molar-refractivity contribution in [3.63, 3.8) is 0 Å². The highest BCUT2D eigenvalue weighted by Crippen LogP contribution is 2.35. The fraction of sp³-hybridized carbons (Fsp3) is 0.0556. The van der Waals surface area contributed by atoms with Gasteiger partial charge in [0.15, 0.2) is 0 Å². The Morgan fingerprint density at radius 2 is 1.74 bits per heavy atom. The van der Waals surface area contributed by atoms with Crippen molar-refractivity contribution in [1.29, 1.82) is 0 Å². The van der Waals surface area contributed by atoms with Gasteiger partial charge in [-0.15, -0.1) is 10.2 Å². The summed E-state index contributed by atoms with van der Waals surface area (Å²) >= 11 is 0. The Balaban J connectivity index is 2.12. The zero-order valence-corrected chi connectivity index (χ0v) is 12.4. The van der Waals surface area contributed by atoms with Gasteiger partial charge in [-0.2, -0.15) is 0 Å². The molecule has 0 fully saturated rings. The minimum absolute atomic E-state index is 0.607. The van der Waals surface area contributed by atoms with Gasteiger partial charge in [-0.25, -0.2) is 4.98 Å². The van der Waals surface area contributed by atoms with Gasteiger partial charge in [-0.05, 0) is 34.4 Å². The van der Waals surface area contributed by atoms with Gasteiger partial charge in [-0.1, -0.05) is 24.3 Å². The summed E-state index contributed by atoms with van der Waals surface area (Å²) in [5.41, 5.74) is 0.943. The molecule has 0 atom stereocenters. The summed E-state index contributed by atoms with van der Waals surface area (Å²) in [6.07, 6.45) is 3.71. The molecule has 0 aliphatic heterocycles. The molecule has 0 aliphatic rings. The average Bonchev–Trinajstić information content (AvgIpc) is 3.07. The molecule has 0 radical (unpaired) electrons. The van der Waals surface area contributed by atoms with Crippen LogP contribution in [0.2, 0.25) is 0 Å². The molecule has 0 bridgehead atoms. The Morgan fingerprint density at radius 1 is 0.913 bits per heavy atom. The molecule has 23 heavy (non-hydrogen) atoms. The first kappa shape index (κ1) is 12.3. The molecule has 0 spiro atoms. The number of ether oxygens (including phenoxy) is 1. The summed E-state index contributed by atoms with van der Waals surface area (Å²) in [6.45, 7) is 0. The molecule has 2 heterocycles. The van der Waals surface area contributed by atoms with E-state index in [1.54, 1.807) is 13.4 Å². The van der Waals surface area contributed by atoms with Crippen LogP contribution in [0.1, 0.15) is 0 Å². The lowest BCUT2D eigenvalue weighted by atomic mass is 9.98. The third-order valence-corrected chi connectivity index (χ3v) is 4.28. The maximum atomic E-state index is 5.40. The number of nitrogens with zero attached hydrogens (tertiary/aromatic N) is 4. The van der Waals surface area contributed by atoms with Crippen molar-refractivity contribution < 1.29 is 4.74 Å². The quantitative estimate of drug-likeness (QED) is 0.444. The molecule has 5 heteroatoms. The SMILES string of the molecule is COc1ccc2c(c1)c1ccccc1c1nc3nncn3cc21. The zero-order chi connectivity index (χ0) is 15.4. The maximum absolute atomic E-state index is 5.40. The van der Waals surface area contributed by atoms with E-state index in [-0.39, 0.29) is 0 Å². The first-order chi connectivity index (χ1) is 11.3. The van der Waals surface area contributed by atoms with Crippen molar-refractivity contribution in [1.82, 2.24) is 19.6 Å². The first-order valence-corrected chi connectivity index (χ1v) is 7.34. The van der Waals surface area contributed by atoms with Gasteiger partial charge in [0.25, 0.3) is 5.78 Å². The maximum Gasteiger partial charge on any atom is 0.255 e. The van der Waals surface area contributed by atoms with E-state index in [0.29, 0.717) is 5.78 Å². The number of aromatic nitrogens is 4. The van der Waals surface area contributed by atoms with Crippen molar-refractivity contribution in [3.8, 4) is 5.75 Å². The summed E-state index contributed by atoms with van der Waals surface area (Å²) in [5, 5.41) is 13.6. The molecule has 2 aromatic heterocycles. The Hall–Kier alpha value is -3.21. The molecular weight excluding hydrogens is 288 g/mol. The van der Waals surface area contributed by atoms with E-state index in [0.717, 1.165) is 38.2 Å². The summed E-state index contributed by atoms with van der Waals surface area (Å²) < 4.78 is 7.25. The Bertz CT molecular complexity index is 1210. The van der Waals surface area contributed by atoms with Crippen molar-refractivity contribution >= 4 is 38.2 Å². The molecule has 0 amide bonds. The third-order valence-electron chi connectivity index (χ3n) is 4.28. The second-order valence-electron chi connectivity index (χ2n) is 5.50. The normalized spacial score (nSPS) is 11.7. The second-order valence-corrected chi connectivity index (χ2v) is 5.50. The van der Waals surface area contributed by atoms with Gasteiger partial charge in [-0.3, -0.25) is 4.40 Å². The van der Waals surface area contributed by atoms with Gasteiger partial charge < -0.3 is 4.74 Å². The van der Waals surface area contributed by atoms with Crippen molar-refractivity contribution in [2.45, 2.75) is 0 Å². The molecule has 5 aromatic rings. The molecule has 5 rings (SSSR count). The predicted molar refractivity (Wildman–Crippen MR) is 89.9 cm³/mol. The van der Waals surface area contributed by atoms with Crippen LogP contribution in [0.5, 0.6) is 5.75 Å². The minimum Gasteiger partial charge on any atom is -0.497 e. The highest BCUT2D eigenvalue weighted by Gasteiger charge is 2.12. The fourth-order valence-electron chi connectivity index (χ4n) is 3.20. The zero-order valence-electron chi connectivity index (χ0n) is 12.4. The van der Waals surface area contributed by atoms with E-state index in [1.807, 2.05) is 28.8 Å². The summed E-state index contributed by atoms with van der Waals surface area (Å²) in [7, 11) is 1.69. The van der Waals surface area contributed by atoms with Crippen molar-refractivity contribution in [3.05, 3.63) is 55.0 Å². The van der Waals surface area contributed by atoms with E-state index >= 15 is 0 Å². The van der Waals surface area contributed by atoms with Crippen LogP contribution in [0.3, 0.4) is 0 Å². The lowest BCUT2D eigenvalue weighted by Gasteiger charge is -2.11. The number of fused-ring (bicyclic) bond motifs is 7. The molecule has 0 aliphatic carbocycles. The van der Waals surface area contributed by atoms with E-state index < -0.39 is 0 Å². The van der Waals surface area contributed by atoms with Crippen LogP contribution in [-0.4, -0.2) is 26.7 Å². The van der Waals surface area contributed by atoms with Crippen LogP contribution >= 0.6 is 0 Å². The summed E-state index contributed by atoms with van der Waals surface area (Å²) in [4.78, 5) is 4.72. The van der Waals surface area contributed by atoms with Gasteiger partial charge in [0.2, 0.25) is 0 Å². The number of benzene rings is 3. The van der Waals surface area contributed by atoms with Crippen molar-refractivity contribution in [2.75, 3.05) is 7.11 Å². The fourth-order valence-corrected chi connectivity index (χ4v) is 3.20. The molecule has 0 unspecified atom stereocenters. The van der Waals surface area contributed by atoms with Crippen LogP contribution < -0.4 is 4.74 Å². The third kappa shape index (κ3) is 1.64. The highest BCUT2D eigenvalue weighted by atomic mass is 16.5. The first-order valence-electron chi connectivity index (χ1n) is 7.34. The number of methoxy groups -OCH3 is 1. The topological polar surface area (TPSA) is 52.3 Å². The smallest absolute Gasteiger partial charge is 0.255 e. The highest BCUT2D eigenvalue weighted by molar-refractivity contribution is 6.24. The molecule has 0 N–H and O–H groups in total. The monoisotopic (exact) mass is 300 g/mol. The molecular formula is C18H12N4O. The number of hydrogen-bond donors (Lipinski definition) is 0. The van der Waals surface area contributed by atoms with Crippen LogP contribution in [0.25, 0.3) is 38.2 Å². The van der Waals surface area contributed by atoms with Crippen LogP contribution in [0.15, 0.2) is 55.0 Å². The molecule has 0 saturated heterocycles. The lowest BCUT2D eigenvalue weighted by Crippen LogP contribution is -1.92. The Labute approximate surface area is 131 Å². The Morgan fingerprint density at radius 3 is 2.61 bits per heavy atom. The molecule has 110 valence electrons. The number of hydrogen-bond acceptors (Lipinski definition) is 4. The lowest BCUT2D eigenvalue weighted by molar-refractivity contribution is 0.415. The standard InChI is InChI=1S/C18H12N4O/c1-23-11-6-7-13-15(8-11)12-4-2-3-5-14(12)17-16(13)9-22-10-19-21-18(22)20-17/h2-10H,1H3. The van der Waals surface area contributed by atoms with Crippen LogP contribution in [-0.2, 0) is 0 Å². The second kappa shape index (κ2) is 4.39. The Kier molecular flexibility index (Phi) is 2.36.